The maximum absolute atomic E-state index is 12.1. The fourth-order valence-corrected chi connectivity index (χ4v) is 3.12. The average Bonchev–Trinajstić information content (AvgIpc) is 2.93. The Kier molecular flexibility index (Phi) is 8.06. The molecule has 2 atom stereocenters. The van der Waals surface area contributed by atoms with Crippen molar-refractivity contribution in [1.82, 2.24) is 10.2 Å². The summed E-state index contributed by atoms with van der Waals surface area (Å²) in [4.78, 5) is 25.4. The predicted molar refractivity (Wildman–Crippen MR) is 82.9 cm³/mol. The van der Waals surface area contributed by atoms with Crippen LogP contribution in [0.2, 0.25) is 0 Å². The molecule has 0 spiro atoms. The molecule has 1 aliphatic rings. The average molecular weight is 318 g/mol. The molecule has 6 nitrogen and oxygen atoms in total. The van der Waals surface area contributed by atoms with Crippen molar-refractivity contribution in [1.29, 1.82) is 0 Å². The van der Waals surface area contributed by atoms with Crippen molar-refractivity contribution in [2.24, 2.45) is 5.92 Å². The number of nitrogens with zero attached hydrogens (tertiary/aromatic N) is 1. The van der Waals surface area contributed by atoms with Crippen molar-refractivity contribution in [3.63, 3.8) is 0 Å². The minimum atomic E-state index is -0.725. The first-order valence-electron chi connectivity index (χ1n) is 7.36. The van der Waals surface area contributed by atoms with E-state index in [0.717, 1.165) is 0 Å². The van der Waals surface area contributed by atoms with Gasteiger partial charge in [0.25, 0.3) is 0 Å². The van der Waals surface area contributed by atoms with Crippen molar-refractivity contribution in [2.75, 3.05) is 31.4 Å². The highest BCUT2D eigenvalue weighted by Crippen LogP contribution is 2.21. The van der Waals surface area contributed by atoms with E-state index in [2.05, 4.69) is 5.32 Å². The van der Waals surface area contributed by atoms with Gasteiger partial charge < -0.3 is 20.1 Å². The van der Waals surface area contributed by atoms with Crippen LogP contribution in [0.15, 0.2) is 0 Å². The van der Waals surface area contributed by atoms with E-state index < -0.39 is 12.1 Å². The second-order valence-electron chi connectivity index (χ2n) is 5.56. The first kappa shape index (κ1) is 18.3. The minimum absolute atomic E-state index is 0.0130. The van der Waals surface area contributed by atoms with Gasteiger partial charge in [-0.05, 0) is 5.92 Å². The van der Waals surface area contributed by atoms with Crippen molar-refractivity contribution in [3.8, 4) is 0 Å². The predicted octanol–water partition coefficient (Wildman–Crippen LogP) is 0.448. The summed E-state index contributed by atoms with van der Waals surface area (Å²) >= 11 is 1.57. The summed E-state index contributed by atoms with van der Waals surface area (Å²) in [5, 5.41) is 12.4. The topological polar surface area (TPSA) is 78.9 Å². The zero-order chi connectivity index (χ0) is 15.8. The Morgan fingerprint density at radius 1 is 1.43 bits per heavy atom. The Morgan fingerprint density at radius 2 is 2.14 bits per heavy atom. The summed E-state index contributed by atoms with van der Waals surface area (Å²) < 4.78 is 5.32. The van der Waals surface area contributed by atoms with Gasteiger partial charge in [0, 0.05) is 25.3 Å². The molecule has 21 heavy (non-hydrogen) atoms. The van der Waals surface area contributed by atoms with E-state index in [9.17, 15) is 14.7 Å². The highest BCUT2D eigenvalue weighted by Gasteiger charge is 2.33. The monoisotopic (exact) mass is 318 g/mol. The van der Waals surface area contributed by atoms with Crippen LogP contribution < -0.4 is 5.32 Å². The third kappa shape index (κ3) is 6.23. The smallest absolute Gasteiger partial charge is 0.243 e. The molecule has 0 radical (unpaired) electrons. The second kappa shape index (κ2) is 9.27. The van der Waals surface area contributed by atoms with E-state index in [4.69, 9.17) is 4.74 Å². The number of hydrogen-bond acceptors (Lipinski definition) is 5. The van der Waals surface area contributed by atoms with Crippen LogP contribution in [0.3, 0.4) is 0 Å². The minimum Gasteiger partial charge on any atom is -0.389 e. The Balaban J connectivity index is 2.31. The fourth-order valence-electron chi connectivity index (χ4n) is 1.94. The van der Waals surface area contributed by atoms with Crippen LogP contribution in [-0.4, -0.2) is 65.4 Å². The lowest BCUT2D eigenvalue weighted by Gasteiger charge is -2.23. The molecule has 0 unspecified atom stereocenters. The number of rotatable bonds is 8. The summed E-state index contributed by atoms with van der Waals surface area (Å²) in [5.74, 6) is 1.36. The highest BCUT2D eigenvalue weighted by atomic mass is 32.2. The first-order valence-corrected chi connectivity index (χ1v) is 8.51. The van der Waals surface area contributed by atoms with Gasteiger partial charge in [0.1, 0.15) is 6.04 Å². The van der Waals surface area contributed by atoms with Crippen molar-refractivity contribution >= 4 is 23.6 Å². The number of aliphatic hydroxyl groups excluding tert-OH is 1. The molecular formula is C14H26N2O4S. The van der Waals surface area contributed by atoms with E-state index in [-0.39, 0.29) is 25.0 Å². The lowest BCUT2D eigenvalue weighted by atomic mass is 10.2. The summed E-state index contributed by atoms with van der Waals surface area (Å²) in [6.45, 7) is 6.79. The van der Waals surface area contributed by atoms with Gasteiger partial charge in [-0.1, -0.05) is 20.8 Å². The molecule has 0 aromatic rings. The highest BCUT2D eigenvalue weighted by molar-refractivity contribution is 7.99. The third-order valence-electron chi connectivity index (χ3n) is 3.08. The van der Waals surface area contributed by atoms with Gasteiger partial charge in [0.15, 0.2) is 0 Å². The molecule has 1 heterocycles. The van der Waals surface area contributed by atoms with Crippen molar-refractivity contribution in [3.05, 3.63) is 0 Å². The van der Waals surface area contributed by atoms with Crippen LogP contribution in [0, 0.1) is 5.92 Å². The van der Waals surface area contributed by atoms with Crippen LogP contribution in [0.25, 0.3) is 0 Å². The van der Waals surface area contributed by atoms with Crippen LogP contribution >= 0.6 is 11.8 Å². The van der Waals surface area contributed by atoms with Gasteiger partial charge in [-0.15, -0.1) is 11.8 Å². The molecule has 2 amide bonds. The SMILES string of the molecule is CCC(=O)N1CSC[C@@H]1C(=O)NC[C@@H](O)COCC(C)C. The molecule has 122 valence electrons. The number of hydrogen-bond donors (Lipinski definition) is 2. The zero-order valence-electron chi connectivity index (χ0n) is 13.0. The normalized spacial score (nSPS) is 19.9. The van der Waals surface area contributed by atoms with Gasteiger partial charge in [-0.3, -0.25) is 9.59 Å². The summed E-state index contributed by atoms with van der Waals surface area (Å²) in [7, 11) is 0. The molecule has 1 saturated heterocycles. The summed E-state index contributed by atoms with van der Waals surface area (Å²) in [6, 6.07) is -0.425. The van der Waals surface area contributed by atoms with Crippen molar-refractivity contribution < 1.29 is 19.4 Å². The van der Waals surface area contributed by atoms with Crippen LogP contribution in [-0.2, 0) is 14.3 Å². The first-order chi connectivity index (χ1) is 9.95. The van der Waals surface area contributed by atoms with Gasteiger partial charge >= 0.3 is 0 Å². The molecule has 1 rings (SSSR count). The molecular weight excluding hydrogens is 292 g/mol. The Morgan fingerprint density at radius 3 is 2.76 bits per heavy atom. The number of ether oxygens (including phenoxy) is 1. The van der Waals surface area contributed by atoms with Gasteiger partial charge in [-0.25, -0.2) is 0 Å². The van der Waals surface area contributed by atoms with E-state index in [1.54, 1.807) is 23.6 Å². The van der Waals surface area contributed by atoms with Crippen LogP contribution in [0.1, 0.15) is 27.2 Å². The van der Waals surface area contributed by atoms with Crippen molar-refractivity contribution in [2.45, 2.75) is 39.3 Å². The van der Waals surface area contributed by atoms with E-state index in [0.29, 0.717) is 30.6 Å². The lowest BCUT2D eigenvalue weighted by Crippen LogP contribution is -2.49. The standard InChI is InChI=1S/C14H26N2O4S/c1-4-13(18)16-9-21-8-12(16)14(19)15-5-11(17)7-20-6-10(2)3/h10-12,17H,4-9H2,1-3H3,(H,15,19)/t11-,12-/m1/s1. The Labute approximate surface area is 130 Å². The molecule has 0 aromatic carbocycles. The van der Waals surface area contributed by atoms with E-state index in [1.807, 2.05) is 13.8 Å². The number of amides is 2. The lowest BCUT2D eigenvalue weighted by molar-refractivity contribution is -0.138. The Hall–Kier alpha value is -0.790. The van der Waals surface area contributed by atoms with E-state index in [1.165, 1.54) is 0 Å². The number of carbonyl (C=O) groups excluding carboxylic acids is 2. The van der Waals surface area contributed by atoms with Gasteiger partial charge in [0.05, 0.1) is 18.6 Å². The summed E-state index contributed by atoms with van der Waals surface area (Å²) in [6.07, 6.45) is -0.326. The summed E-state index contributed by atoms with van der Waals surface area (Å²) in [5.41, 5.74) is 0. The Bertz CT molecular complexity index is 352. The molecule has 0 aliphatic carbocycles. The van der Waals surface area contributed by atoms with Crippen LogP contribution in [0.5, 0.6) is 0 Å². The maximum Gasteiger partial charge on any atom is 0.243 e. The number of nitrogens with one attached hydrogen (secondary N) is 1. The third-order valence-corrected chi connectivity index (χ3v) is 4.09. The second-order valence-corrected chi connectivity index (χ2v) is 6.56. The van der Waals surface area contributed by atoms with Gasteiger partial charge in [0.2, 0.25) is 11.8 Å². The molecule has 1 aliphatic heterocycles. The number of carbonyl (C=O) groups is 2. The zero-order valence-corrected chi connectivity index (χ0v) is 13.8. The number of thioether (sulfide) groups is 1. The molecule has 2 N–H and O–H groups in total. The molecule has 0 saturated carbocycles. The largest absolute Gasteiger partial charge is 0.389 e. The molecule has 0 bridgehead atoms. The quantitative estimate of drug-likeness (QED) is 0.679. The van der Waals surface area contributed by atoms with E-state index >= 15 is 0 Å². The van der Waals surface area contributed by atoms with Crippen LogP contribution in [0.4, 0.5) is 0 Å². The molecule has 0 aromatic heterocycles. The molecule has 1 fully saturated rings. The number of aliphatic hydroxyl groups is 1. The van der Waals surface area contributed by atoms with Gasteiger partial charge in [-0.2, -0.15) is 0 Å². The fraction of sp³-hybridized carbons (Fsp3) is 0.857. The molecule has 7 heteroatoms. The maximum atomic E-state index is 12.1.